The zero-order valence-corrected chi connectivity index (χ0v) is 11.5. The van der Waals surface area contributed by atoms with Crippen molar-refractivity contribution in [1.82, 2.24) is 9.97 Å². The number of nitrogens with one attached hydrogen (secondary N) is 1. The van der Waals surface area contributed by atoms with E-state index in [0.717, 1.165) is 23.1 Å². The van der Waals surface area contributed by atoms with Crippen LogP contribution in [0.3, 0.4) is 0 Å². The molecule has 3 nitrogen and oxygen atoms in total. The number of nitrogens with zero attached hydrogens (tertiary/aromatic N) is 2. The average molecular weight is 259 g/mol. The quantitative estimate of drug-likeness (QED) is 0.508. The van der Waals surface area contributed by atoms with Gasteiger partial charge in [0.25, 0.3) is 0 Å². The van der Waals surface area contributed by atoms with Gasteiger partial charge in [-0.05, 0) is 31.5 Å². The molecule has 94 valence electrons. The Hall–Kier alpha value is -1.55. The summed E-state index contributed by atoms with van der Waals surface area (Å²) in [5.41, 5.74) is 3.48. The van der Waals surface area contributed by atoms with Crippen LogP contribution in [-0.4, -0.2) is 22.3 Å². The van der Waals surface area contributed by atoms with E-state index in [-0.39, 0.29) is 0 Å². The van der Waals surface area contributed by atoms with Crippen LogP contribution in [0, 0.1) is 13.8 Å². The van der Waals surface area contributed by atoms with Gasteiger partial charge < -0.3 is 5.32 Å². The molecule has 0 spiro atoms. The summed E-state index contributed by atoms with van der Waals surface area (Å²) in [6.45, 7) is 5.00. The van der Waals surface area contributed by atoms with Gasteiger partial charge in [-0.3, -0.25) is 0 Å². The third-order valence-electron chi connectivity index (χ3n) is 2.57. The smallest absolute Gasteiger partial charge is 0.187 e. The van der Waals surface area contributed by atoms with Gasteiger partial charge in [0.05, 0.1) is 0 Å². The van der Waals surface area contributed by atoms with E-state index in [1.165, 1.54) is 11.3 Å². The Balaban J connectivity index is 1.78. The Morgan fingerprint density at radius 2 is 2.00 bits per heavy atom. The minimum Gasteiger partial charge on any atom is -0.384 e. The molecule has 2 rings (SSSR count). The van der Waals surface area contributed by atoms with Crippen LogP contribution in [0.15, 0.2) is 41.7 Å². The fourth-order valence-corrected chi connectivity index (χ4v) is 2.33. The van der Waals surface area contributed by atoms with Gasteiger partial charge in [-0.1, -0.05) is 30.0 Å². The summed E-state index contributed by atoms with van der Waals surface area (Å²) >= 11 is 1.67. The van der Waals surface area contributed by atoms with E-state index in [1.807, 2.05) is 19.1 Å². The second-order valence-corrected chi connectivity index (χ2v) is 5.13. The van der Waals surface area contributed by atoms with Crippen LogP contribution in [0.25, 0.3) is 0 Å². The lowest BCUT2D eigenvalue weighted by atomic mass is 10.2. The lowest BCUT2D eigenvalue weighted by Crippen LogP contribution is -2.05. The van der Waals surface area contributed by atoms with Crippen molar-refractivity contribution in [2.75, 3.05) is 17.6 Å². The number of thioether (sulfide) groups is 1. The summed E-state index contributed by atoms with van der Waals surface area (Å²) in [6, 6.07) is 10.2. The Bertz CT molecular complexity index is 514. The molecule has 0 fully saturated rings. The van der Waals surface area contributed by atoms with Crippen LogP contribution in [0.2, 0.25) is 0 Å². The van der Waals surface area contributed by atoms with Crippen LogP contribution < -0.4 is 5.32 Å². The van der Waals surface area contributed by atoms with Gasteiger partial charge in [0.2, 0.25) is 0 Å². The standard InChI is InChI=1S/C14H17N3S/c1-11-5-3-4-6-13(11)15-9-10-18-14-16-8-7-12(2)17-14/h3-8,15H,9-10H2,1-2H3. The van der Waals surface area contributed by atoms with Crippen molar-refractivity contribution in [1.29, 1.82) is 0 Å². The van der Waals surface area contributed by atoms with Crippen molar-refractivity contribution < 1.29 is 0 Å². The summed E-state index contributed by atoms with van der Waals surface area (Å²) in [5.74, 6) is 0.956. The Kier molecular flexibility index (Phi) is 4.59. The molecule has 0 bridgehead atoms. The molecule has 1 aromatic carbocycles. The molecule has 2 aromatic rings. The molecule has 0 unspecified atom stereocenters. The van der Waals surface area contributed by atoms with Crippen molar-refractivity contribution in [3.8, 4) is 0 Å². The molecule has 1 N–H and O–H groups in total. The maximum absolute atomic E-state index is 4.36. The van der Waals surface area contributed by atoms with Crippen LogP contribution >= 0.6 is 11.8 Å². The highest BCUT2D eigenvalue weighted by Crippen LogP contribution is 2.15. The number of aromatic nitrogens is 2. The Labute approximate surface area is 112 Å². The predicted molar refractivity (Wildman–Crippen MR) is 77.2 cm³/mol. The predicted octanol–water partition coefficient (Wildman–Crippen LogP) is 3.30. The van der Waals surface area contributed by atoms with Crippen LogP contribution in [0.1, 0.15) is 11.3 Å². The zero-order chi connectivity index (χ0) is 12.8. The third-order valence-corrected chi connectivity index (χ3v) is 3.43. The van der Waals surface area contributed by atoms with Crippen LogP contribution in [0.5, 0.6) is 0 Å². The summed E-state index contributed by atoms with van der Waals surface area (Å²) in [4.78, 5) is 8.59. The highest BCUT2D eigenvalue weighted by Gasteiger charge is 1.99. The number of hydrogen-bond donors (Lipinski definition) is 1. The first-order valence-electron chi connectivity index (χ1n) is 5.97. The lowest BCUT2D eigenvalue weighted by molar-refractivity contribution is 0.931. The van der Waals surface area contributed by atoms with Gasteiger partial charge in [-0.15, -0.1) is 0 Å². The number of aryl methyl sites for hydroxylation is 2. The number of para-hydroxylation sites is 1. The normalized spacial score (nSPS) is 10.3. The zero-order valence-electron chi connectivity index (χ0n) is 10.7. The second kappa shape index (κ2) is 6.40. The molecule has 0 amide bonds. The fourth-order valence-electron chi connectivity index (χ4n) is 1.59. The maximum Gasteiger partial charge on any atom is 0.187 e. The van der Waals surface area contributed by atoms with E-state index in [4.69, 9.17) is 0 Å². The Morgan fingerprint density at radius 3 is 2.78 bits per heavy atom. The first kappa shape index (κ1) is 12.9. The number of rotatable bonds is 5. The molecule has 0 saturated heterocycles. The molecule has 18 heavy (non-hydrogen) atoms. The molecule has 0 aliphatic heterocycles. The summed E-state index contributed by atoms with van der Waals surface area (Å²) in [7, 11) is 0. The molecular weight excluding hydrogens is 242 g/mol. The highest BCUT2D eigenvalue weighted by molar-refractivity contribution is 7.99. The van der Waals surface area contributed by atoms with Gasteiger partial charge in [0.15, 0.2) is 5.16 Å². The van der Waals surface area contributed by atoms with Gasteiger partial charge >= 0.3 is 0 Å². The second-order valence-electron chi connectivity index (χ2n) is 4.07. The molecular formula is C14H17N3S. The van der Waals surface area contributed by atoms with Crippen molar-refractivity contribution in [2.24, 2.45) is 0 Å². The fraction of sp³-hybridized carbons (Fsp3) is 0.286. The maximum atomic E-state index is 4.36. The minimum absolute atomic E-state index is 0.849. The summed E-state index contributed by atoms with van der Waals surface area (Å²) in [6.07, 6.45) is 1.80. The lowest BCUT2D eigenvalue weighted by Gasteiger charge is -2.08. The van der Waals surface area contributed by atoms with E-state index in [9.17, 15) is 0 Å². The highest BCUT2D eigenvalue weighted by atomic mass is 32.2. The van der Waals surface area contributed by atoms with E-state index in [1.54, 1.807) is 18.0 Å². The van der Waals surface area contributed by atoms with E-state index >= 15 is 0 Å². The largest absolute Gasteiger partial charge is 0.384 e. The minimum atomic E-state index is 0.849. The number of benzene rings is 1. The first-order chi connectivity index (χ1) is 8.75. The van der Waals surface area contributed by atoms with E-state index < -0.39 is 0 Å². The first-order valence-corrected chi connectivity index (χ1v) is 6.96. The molecule has 4 heteroatoms. The molecule has 1 aromatic heterocycles. The van der Waals surface area contributed by atoms with Gasteiger partial charge in [-0.25, -0.2) is 9.97 Å². The van der Waals surface area contributed by atoms with E-state index in [0.29, 0.717) is 0 Å². The summed E-state index contributed by atoms with van der Waals surface area (Å²) in [5, 5.41) is 4.27. The van der Waals surface area contributed by atoms with Crippen LogP contribution in [-0.2, 0) is 0 Å². The van der Waals surface area contributed by atoms with Crippen molar-refractivity contribution >= 4 is 17.4 Å². The molecule has 0 radical (unpaired) electrons. The number of hydrogen-bond acceptors (Lipinski definition) is 4. The monoisotopic (exact) mass is 259 g/mol. The molecule has 0 aliphatic carbocycles. The third kappa shape index (κ3) is 3.74. The molecule has 0 saturated carbocycles. The molecule has 1 heterocycles. The van der Waals surface area contributed by atoms with Gasteiger partial charge in [-0.2, -0.15) is 0 Å². The van der Waals surface area contributed by atoms with Crippen molar-refractivity contribution in [3.05, 3.63) is 47.8 Å². The van der Waals surface area contributed by atoms with Crippen LogP contribution in [0.4, 0.5) is 5.69 Å². The summed E-state index contributed by atoms with van der Waals surface area (Å²) < 4.78 is 0. The van der Waals surface area contributed by atoms with Gasteiger partial charge in [0.1, 0.15) is 0 Å². The SMILES string of the molecule is Cc1ccnc(SCCNc2ccccc2C)n1. The average Bonchev–Trinajstić information content (AvgIpc) is 2.37. The van der Waals surface area contributed by atoms with Crippen molar-refractivity contribution in [2.45, 2.75) is 19.0 Å². The topological polar surface area (TPSA) is 37.8 Å². The van der Waals surface area contributed by atoms with E-state index in [2.05, 4.69) is 40.4 Å². The number of anilines is 1. The molecule has 0 aliphatic rings. The Morgan fingerprint density at radius 1 is 1.17 bits per heavy atom. The van der Waals surface area contributed by atoms with Gasteiger partial charge in [0, 0.05) is 29.9 Å². The molecule has 0 atom stereocenters. The van der Waals surface area contributed by atoms with Crippen molar-refractivity contribution in [3.63, 3.8) is 0 Å².